The minimum atomic E-state index is -1.02. The number of rotatable bonds is 15. The fourth-order valence-electron chi connectivity index (χ4n) is 5.15. The number of hydrogen-bond donors (Lipinski definition) is 2. The number of nitrogens with one attached hydrogen (secondary N) is 1. The van der Waals surface area contributed by atoms with E-state index in [-0.39, 0.29) is 12.0 Å². The molecule has 3 rings (SSSR count). The topological polar surface area (TPSA) is 84.9 Å². The van der Waals surface area contributed by atoms with Crippen LogP contribution in [0.4, 0.5) is 0 Å². The second-order valence-electron chi connectivity index (χ2n) is 10.2. The number of carbonyl (C=O) groups is 2. The van der Waals surface area contributed by atoms with Crippen LogP contribution in [0.5, 0.6) is 0 Å². The van der Waals surface area contributed by atoms with Gasteiger partial charge < -0.3 is 19.9 Å². The molecule has 0 aromatic heterocycles. The van der Waals surface area contributed by atoms with E-state index in [2.05, 4.69) is 5.32 Å². The van der Waals surface area contributed by atoms with Crippen LogP contribution in [-0.4, -0.2) is 54.4 Å². The third-order valence-electron chi connectivity index (χ3n) is 7.29. The van der Waals surface area contributed by atoms with E-state index in [1.807, 2.05) is 56.5 Å². The first-order chi connectivity index (χ1) is 18.4. The molecular weight excluding hydrogens is 498 g/mol. The molecule has 2 N–H and O–H groups in total. The zero-order valence-corrected chi connectivity index (χ0v) is 23.9. The number of carboxylic acids is 1. The Balaban J connectivity index is 1.82. The molecule has 208 valence electrons. The zero-order chi connectivity index (χ0) is 27.3. The largest absolute Gasteiger partial charge is 0.480 e. The maximum atomic E-state index is 13.3. The van der Waals surface area contributed by atoms with Crippen molar-refractivity contribution >= 4 is 23.6 Å². The van der Waals surface area contributed by atoms with Crippen LogP contribution in [0, 0.1) is 12.8 Å². The van der Waals surface area contributed by atoms with Gasteiger partial charge in [-0.2, -0.15) is 11.8 Å². The van der Waals surface area contributed by atoms with E-state index in [0.29, 0.717) is 43.5 Å². The summed E-state index contributed by atoms with van der Waals surface area (Å²) in [4.78, 5) is 25.1. The first-order valence-electron chi connectivity index (χ1n) is 13.8. The number of amides is 1. The molecule has 1 aliphatic carbocycles. The molecule has 1 fully saturated rings. The van der Waals surface area contributed by atoms with Gasteiger partial charge in [0.2, 0.25) is 0 Å². The molecule has 1 amide bonds. The molecule has 0 unspecified atom stereocenters. The summed E-state index contributed by atoms with van der Waals surface area (Å²) in [5.74, 6) is -0.0536. The summed E-state index contributed by atoms with van der Waals surface area (Å²) < 4.78 is 12.1. The first kappa shape index (κ1) is 30.2. The van der Waals surface area contributed by atoms with Crippen LogP contribution in [0.2, 0.25) is 0 Å². The molecule has 2 atom stereocenters. The normalized spacial score (nSPS) is 15.7. The predicted octanol–water partition coefficient (Wildman–Crippen LogP) is 6.49. The summed E-state index contributed by atoms with van der Waals surface area (Å²) in [5.41, 5.74) is 4.21. The van der Waals surface area contributed by atoms with Crippen molar-refractivity contribution in [3.63, 3.8) is 0 Å². The molecule has 2 aromatic rings. The standard InChI is InChI=1S/C31H43NO5S/c1-4-36-21-25(18-23-11-6-5-7-12-23)37-20-24-14-15-27(28(19-24)26-13-9-8-10-22(26)2)30(33)32-29(31(34)35)16-17-38-3/h8-10,13-15,19,23,25,29H,4-7,11-12,16-18,20-21H2,1-3H3,(H,32,33)(H,34,35)/t25-,29-/m0/s1. The fraction of sp³-hybridized carbons (Fsp3) is 0.548. The third-order valence-corrected chi connectivity index (χ3v) is 7.94. The Hall–Kier alpha value is -2.35. The van der Waals surface area contributed by atoms with Crippen LogP contribution in [-0.2, 0) is 20.9 Å². The number of ether oxygens (including phenoxy) is 2. The number of aliphatic carboxylic acids is 1. The van der Waals surface area contributed by atoms with E-state index >= 15 is 0 Å². The Morgan fingerprint density at radius 3 is 2.55 bits per heavy atom. The molecule has 0 spiro atoms. The van der Waals surface area contributed by atoms with Gasteiger partial charge in [-0.3, -0.25) is 4.79 Å². The van der Waals surface area contributed by atoms with Gasteiger partial charge in [0.05, 0.1) is 19.3 Å². The highest BCUT2D eigenvalue weighted by Crippen LogP contribution is 2.30. The van der Waals surface area contributed by atoms with Crippen molar-refractivity contribution in [2.75, 3.05) is 25.2 Å². The molecule has 1 saturated carbocycles. The zero-order valence-electron chi connectivity index (χ0n) is 23.0. The fourth-order valence-corrected chi connectivity index (χ4v) is 5.62. The maximum absolute atomic E-state index is 13.3. The van der Waals surface area contributed by atoms with Crippen molar-refractivity contribution in [2.45, 2.75) is 77.5 Å². The smallest absolute Gasteiger partial charge is 0.326 e. The lowest BCUT2D eigenvalue weighted by Gasteiger charge is -2.26. The van der Waals surface area contributed by atoms with Crippen molar-refractivity contribution in [3.8, 4) is 11.1 Å². The minimum absolute atomic E-state index is 0.0377. The Labute approximate surface area is 231 Å². The number of aryl methyl sites for hydroxylation is 1. The number of thioether (sulfide) groups is 1. The van der Waals surface area contributed by atoms with Crippen LogP contribution >= 0.6 is 11.8 Å². The maximum Gasteiger partial charge on any atom is 0.326 e. The van der Waals surface area contributed by atoms with Gasteiger partial charge in [-0.1, -0.05) is 62.4 Å². The summed E-state index contributed by atoms with van der Waals surface area (Å²) in [5, 5.41) is 12.4. The highest BCUT2D eigenvalue weighted by molar-refractivity contribution is 7.98. The minimum Gasteiger partial charge on any atom is -0.480 e. The molecule has 0 bridgehead atoms. The second-order valence-corrected chi connectivity index (χ2v) is 11.2. The molecule has 2 aromatic carbocycles. The molecule has 0 heterocycles. The third kappa shape index (κ3) is 9.14. The van der Waals surface area contributed by atoms with Gasteiger partial charge in [0.1, 0.15) is 6.04 Å². The average Bonchev–Trinajstić information content (AvgIpc) is 2.93. The second kappa shape index (κ2) is 15.9. The Bertz CT molecular complexity index is 1040. The number of carboxylic acid groups (broad SMARTS) is 1. The SMILES string of the molecule is CCOC[C@H](CC1CCCCC1)OCc1ccc(C(=O)N[C@@H](CCSC)C(=O)O)c(-c2ccccc2C)c1. The van der Waals surface area contributed by atoms with Crippen LogP contribution in [0.15, 0.2) is 42.5 Å². The van der Waals surface area contributed by atoms with Gasteiger partial charge in [0, 0.05) is 12.2 Å². The summed E-state index contributed by atoms with van der Waals surface area (Å²) in [6.45, 7) is 5.70. The molecule has 1 aliphatic rings. The van der Waals surface area contributed by atoms with E-state index in [4.69, 9.17) is 9.47 Å². The van der Waals surface area contributed by atoms with Gasteiger partial charge in [-0.25, -0.2) is 4.79 Å². The molecule has 0 aliphatic heterocycles. The molecule has 6 nitrogen and oxygen atoms in total. The average molecular weight is 542 g/mol. The van der Waals surface area contributed by atoms with Crippen LogP contribution in [0.25, 0.3) is 11.1 Å². The molecule has 38 heavy (non-hydrogen) atoms. The first-order valence-corrected chi connectivity index (χ1v) is 15.2. The lowest BCUT2D eigenvalue weighted by molar-refractivity contribution is -0.139. The molecule has 7 heteroatoms. The van der Waals surface area contributed by atoms with Crippen LogP contribution < -0.4 is 5.32 Å². The van der Waals surface area contributed by atoms with Crippen LogP contribution in [0.3, 0.4) is 0 Å². The quantitative estimate of drug-likeness (QED) is 0.268. The number of hydrogen-bond acceptors (Lipinski definition) is 5. The molecular formula is C31H43NO5S. The summed E-state index contributed by atoms with van der Waals surface area (Å²) >= 11 is 1.56. The van der Waals surface area contributed by atoms with Gasteiger partial charge >= 0.3 is 5.97 Å². The summed E-state index contributed by atoms with van der Waals surface area (Å²) in [6, 6.07) is 12.7. The summed E-state index contributed by atoms with van der Waals surface area (Å²) in [7, 11) is 0. The van der Waals surface area contributed by atoms with Crippen molar-refractivity contribution in [3.05, 3.63) is 59.2 Å². The Morgan fingerprint density at radius 2 is 1.87 bits per heavy atom. The van der Waals surface area contributed by atoms with Crippen molar-refractivity contribution < 1.29 is 24.2 Å². The summed E-state index contributed by atoms with van der Waals surface area (Å²) in [6.07, 6.45) is 9.81. The van der Waals surface area contributed by atoms with E-state index in [1.165, 1.54) is 32.1 Å². The van der Waals surface area contributed by atoms with Gasteiger partial charge in [-0.05, 0) is 79.0 Å². The van der Waals surface area contributed by atoms with E-state index in [9.17, 15) is 14.7 Å². The molecule has 0 radical (unpaired) electrons. The van der Waals surface area contributed by atoms with Crippen molar-refractivity contribution in [2.24, 2.45) is 5.92 Å². The van der Waals surface area contributed by atoms with Crippen molar-refractivity contribution in [1.29, 1.82) is 0 Å². The predicted molar refractivity (Wildman–Crippen MR) is 155 cm³/mol. The van der Waals surface area contributed by atoms with Gasteiger partial charge in [0.15, 0.2) is 0 Å². The van der Waals surface area contributed by atoms with Gasteiger partial charge in [0.25, 0.3) is 5.91 Å². The Kier molecular flexibility index (Phi) is 12.6. The highest BCUT2D eigenvalue weighted by atomic mass is 32.2. The Morgan fingerprint density at radius 1 is 1.11 bits per heavy atom. The van der Waals surface area contributed by atoms with Crippen molar-refractivity contribution in [1.82, 2.24) is 5.32 Å². The van der Waals surface area contributed by atoms with E-state index in [0.717, 1.165) is 28.7 Å². The van der Waals surface area contributed by atoms with Crippen LogP contribution in [0.1, 0.15) is 73.4 Å². The number of benzene rings is 2. The highest BCUT2D eigenvalue weighted by Gasteiger charge is 2.24. The lowest BCUT2D eigenvalue weighted by atomic mass is 9.85. The molecule has 0 saturated heterocycles. The van der Waals surface area contributed by atoms with E-state index < -0.39 is 12.0 Å². The van der Waals surface area contributed by atoms with Gasteiger partial charge in [-0.15, -0.1) is 0 Å². The van der Waals surface area contributed by atoms with E-state index in [1.54, 1.807) is 17.8 Å². The monoisotopic (exact) mass is 541 g/mol. The lowest BCUT2D eigenvalue weighted by Crippen LogP contribution is -2.41. The number of carbonyl (C=O) groups excluding carboxylic acids is 1.